The molecule has 0 atom stereocenters. The second-order valence-corrected chi connectivity index (χ2v) is 6.97. The second-order valence-electron chi connectivity index (χ2n) is 5.35. The van der Waals surface area contributed by atoms with E-state index in [0.717, 1.165) is 16.9 Å². The number of carbonyl (C=O) groups is 1. The summed E-state index contributed by atoms with van der Waals surface area (Å²) in [5.41, 5.74) is 0.616. The molecular weight excluding hydrogens is 242 g/mol. The van der Waals surface area contributed by atoms with Crippen LogP contribution in [-0.4, -0.2) is 16.7 Å². The quantitative estimate of drug-likeness (QED) is 0.812. The van der Waals surface area contributed by atoms with E-state index in [-0.39, 0.29) is 11.4 Å². The Hall–Kier alpha value is -0.960. The minimum atomic E-state index is -0.160. The van der Waals surface area contributed by atoms with Gasteiger partial charge in [0.2, 0.25) is 0 Å². The highest BCUT2D eigenvalue weighted by Gasteiger charge is 2.20. The molecular formula is C15H23NOS. The molecule has 0 bridgehead atoms. The van der Waals surface area contributed by atoms with Crippen LogP contribution in [0.4, 0.5) is 0 Å². The van der Waals surface area contributed by atoms with Crippen LogP contribution in [0.1, 0.15) is 51.4 Å². The number of hydrogen-bond acceptors (Lipinski definition) is 2. The number of benzene rings is 1. The number of rotatable bonds is 5. The van der Waals surface area contributed by atoms with E-state index in [2.05, 4.69) is 26.1 Å². The highest BCUT2D eigenvalue weighted by Crippen LogP contribution is 2.26. The van der Waals surface area contributed by atoms with Crippen molar-refractivity contribution >= 4 is 17.7 Å². The lowest BCUT2D eigenvalue weighted by Crippen LogP contribution is -2.42. The van der Waals surface area contributed by atoms with Crippen LogP contribution < -0.4 is 5.32 Å². The lowest BCUT2D eigenvalue weighted by molar-refractivity contribution is 0.0908. The number of amides is 1. The molecule has 0 unspecified atom stereocenters. The number of thioether (sulfide) groups is 1. The van der Waals surface area contributed by atoms with Crippen LogP contribution in [-0.2, 0) is 0 Å². The van der Waals surface area contributed by atoms with Gasteiger partial charge in [0.05, 0.1) is 5.56 Å². The molecule has 0 heterocycles. The third-order valence-electron chi connectivity index (χ3n) is 2.83. The molecule has 3 heteroatoms. The highest BCUT2D eigenvalue weighted by atomic mass is 32.2. The Morgan fingerprint density at radius 2 is 1.94 bits per heavy atom. The zero-order valence-electron chi connectivity index (χ0n) is 11.9. The average Bonchev–Trinajstić information content (AvgIpc) is 2.28. The molecule has 18 heavy (non-hydrogen) atoms. The maximum absolute atomic E-state index is 12.3. The van der Waals surface area contributed by atoms with Gasteiger partial charge in [0.25, 0.3) is 5.91 Å². The van der Waals surface area contributed by atoms with E-state index < -0.39 is 0 Å². The summed E-state index contributed by atoms with van der Waals surface area (Å²) >= 11 is 1.73. The van der Waals surface area contributed by atoms with Crippen LogP contribution in [0.25, 0.3) is 0 Å². The third-order valence-corrected chi connectivity index (χ3v) is 3.91. The van der Waals surface area contributed by atoms with E-state index in [4.69, 9.17) is 0 Å². The fourth-order valence-corrected chi connectivity index (χ4v) is 2.43. The Morgan fingerprint density at radius 1 is 1.33 bits per heavy atom. The molecule has 0 aliphatic rings. The molecule has 0 saturated carbocycles. The molecule has 1 rings (SSSR count). The maximum atomic E-state index is 12.3. The van der Waals surface area contributed by atoms with Gasteiger partial charge in [-0.25, -0.2) is 0 Å². The molecule has 0 aliphatic carbocycles. The van der Waals surface area contributed by atoms with Gasteiger partial charge in [0, 0.05) is 15.7 Å². The van der Waals surface area contributed by atoms with Gasteiger partial charge in [0.1, 0.15) is 0 Å². The predicted molar refractivity (Wildman–Crippen MR) is 79.3 cm³/mol. The van der Waals surface area contributed by atoms with Gasteiger partial charge >= 0.3 is 0 Å². The van der Waals surface area contributed by atoms with Crippen molar-refractivity contribution in [2.24, 2.45) is 0 Å². The first-order chi connectivity index (χ1) is 8.35. The zero-order chi connectivity index (χ0) is 13.8. The van der Waals surface area contributed by atoms with E-state index in [0.29, 0.717) is 5.25 Å². The Morgan fingerprint density at radius 3 is 2.50 bits per heavy atom. The van der Waals surface area contributed by atoms with Crippen molar-refractivity contribution in [3.63, 3.8) is 0 Å². The largest absolute Gasteiger partial charge is 0.347 e. The summed E-state index contributed by atoms with van der Waals surface area (Å²) in [7, 11) is 0. The van der Waals surface area contributed by atoms with Crippen molar-refractivity contribution in [3.8, 4) is 0 Å². The molecule has 0 spiro atoms. The normalized spacial score (nSPS) is 11.7. The van der Waals surface area contributed by atoms with Crippen LogP contribution in [0.2, 0.25) is 0 Å². The standard InChI is InChI=1S/C15H23NOS/c1-6-15(4,5)16-14(17)12-9-7-8-10-13(12)18-11(2)3/h7-11H,6H2,1-5H3,(H,16,17). The molecule has 2 nitrogen and oxygen atoms in total. The lowest BCUT2D eigenvalue weighted by atomic mass is 10.0. The first-order valence-electron chi connectivity index (χ1n) is 6.44. The van der Waals surface area contributed by atoms with Crippen molar-refractivity contribution in [2.75, 3.05) is 0 Å². The van der Waals surface area contributed by atoms with E-state index >= 15 is 0 Å². The zero-order valence-corrected chi connectivity index (χ0v) is 12.7. The van der Waals surface area contributed by atoms with Crippen LogP contribution in [0.3, 0.4) is 0 Å². The minimum absolute atomic E-state index is 0.0191. The minimum Gasteiger partial charge on any atom is -0.347 e. The van der Waals surface area contributed by atoms with Gasteiger partial charge < -0.3 is 5.32 Å². The summed E-state index contributed by atoms with van der Waals surface area (Å²) in [6, 6.07) is 7.80. The van der Waals surface area contributed by atoms with Crippen LogP contribution in [0, 0.1) is 0 Å². The first-order valence-corrected chi connectivity index (χ1v) is 7.32. The molecule has 1 amide bonds. The Bertz CT molecular complexity index is 413. The Labute approximate surface area is 115 Å². The maximum Gasteiger partial charge on any atom is 0.252 e. The number of carbonyl (C=O) groups excluding carboxylic acids is 1. The fraction of sp³-hybridized carbons (Fsp3) is 0.533. The van der Waals surface area contributed by atoms with Gasteiger partial charge in [0.15, 0.2) is 0 Å². The Kier molecular flexibility index (Phi) is 5.27. The highest BCUT2D eigenvalue weighted by molar-refractivity contribution is 8.00. The molecule has 100 valence electrons. The second kappa shape index (κ2) is 6.28. The molecule has 0 aliphatic heterocycles. The SMILES string of the molecule is CCC(C)(C)NC(=O)c1ccccc1SC(C)C. The van der Waals surface area contributed by atoms with E-state index in [1.165, 1.54) is 0 Å². The number of hydrogen-bond donors (Lipinski definition) is 1. The molecule has 0 aromatic heterocycles. The van der Waals surface area contributed by atoms with Crippen molar-refractivity contribution in [3.05, 3.63) is 29.8 Å². The molecule has 0 radical (unpaired) electrons. The summed E-state index contributed by atoms with van der Waals surface area (Å²) < 4.78 is 0. The molecule has 1 aromatic rings. The molecule has 1 aromatic carbocycles. The monoisotopic (exact) mass is 265 g/mol. The van der Waals surface area contributed by atoms with Crippen molar-refractivity contribution < 1.29 is 4.79 Å². The first kappa shape index (κ1) is 15.1. The third kappa shape index (κ3) is 4.37. The summed E-state index contributed by atoms with van der Waals surface area (Å²) in [6.07, 6.45) is 0.915. The number of nitrogens with one attached hydrogen (secondary N) is 1. The summed E-state index contributed by atoms with van der Waals surface area (Å²) in [6.45, 7) is 10.4. The van der Waals surface area contributed by atoms with Gasteiger partial charge in [-0.1, -0.05) is 32.9 Å². The van der Waals surface area contributed by atoms with E-state index in [9.17, 15) is 4.79 Å². The molecule has 0 saturated heterocycles. The van der Waals surface area contributed by atoms with Crippen LogP contribution in [0.15, 0.2) is 29.2 Å². The van der Waals surface area contributed by atoms with Gasteiger partial charge in [-0.2, -0.15) is 0 Å². The summed E-state index contributed by atoms with van der Waals surface area (Å²) in [5.74, 6) is 0.0191. The summed E-state index contributed by atoms with van der Waals surface area (Å²) in [4.78, 5) is 13.3. The van der Waals surface area contributed by atoms with Gasteiger partial charge in [-0.15, -0.1) is 11.8 Å². The van der Waals surface area contributed by atoms with Crippen molar-refractivity contribution in [1.82, 2.24) is 5.32 Å². The smallest absolute Gasteiger partial charge is 0.252 e. The van der Waals surface area contributed by atoms with Crippen LogP contribution >= 0.6 is 11.8 Å². The van der Waals surface area contributed by atoms with E-state index in [1.54, 1.807) is 11.8 Å². The average molecular weight is 265 g/mol. The van der Waals surface area contributed by atoms with Crippen molar-refractivity contribution in [2.45, 2.75) is 56.7 Å². The van der Waals surface area contributed by atoms with Gasteiger partial charge in [-0.3, -0.25) is 4.79 Å². The molecule has 0 fully saturated rings. The van der Waals surface area contributed by atoms with Crippen LogP contribution in [0.5, 0.6) is 0 Å². The van der Waals surface area contributed by atoms with Crippen molar-refractivity contribution in [1.29, 1.82) is 0 Å². The summed E-state index contributed by atoms with van der Waals surface area (Å²) in [5, 5.41) is 3.55. The fourth-order valence-electron chi connectivity index (χ4n) is 1.47. The van der Waals surface area contributed by atoms with E-state index in [1.807, 2.05) is 38.1 Å². The topological polar surface area (TPSA) is 29.1 Å². The Balaban J connectivity index is 2.92. The molecule has 1 N–H and O–H groups in total. The predicted octanol–water partition coefficient (Wildman–Crippen LogP) is 4.11. The van der Waals surface area contributed by atoms with Gasteiger partial charge in [-0.05, 0) is 32.4 Å². The lowest BCUT2D eigenvalue weighted by Gasteiger charge is -2.25.